The minimum absolute atomic E-state index is 0.256. The molecule has 0 aromatic carbocycles. The molecule has 0 aliphatic carbocycles. The molecule has 2 rings (SSSR count). The highest BCUT2D eigenvalue weighted by atomic mass is 32.2. The molecule has 1 aliphatic heterocycles. The molecule has 0 spiro atoms. The van der Waals surface area contributed by atoms with Crippen molar-refractivity contribution in [1.29, 1.82) is 0 Å². The Morgan fingerprint density at radius 1 is 1.69 bits per heavy atom. The van der Waals surface area contributed by atoms with Gasteiger partial charge in [0.2, 0.25) is 0 Å². The fourth-order valence-electron chi connectivity index (χ4n) is 1.83. The zero-order chi connectivity index (χ0) is 9.47. The van der Waals surface area contributed by atoms with E-state index in [0.717, 1.165) is 12.2 Å². The molecule has 1 aliphatic rings. The van der Waals surface area contributed by atoms with Crippen molar-refractivity contribution in [3.05, 3.63) is 12.0 Å². The third-order valence-electron chi connectivity index (χ3n) is 2.60. The van der Waals surface area contributed by atoms with E-state index >= 15 is 0 Å². The van der Waals surface area contributed by atoms with Crippen LogP contribution in [0.15, 0.2) is 10.6 Å². The molecule has 1 aromatic rings. The molecule has 2 N–H and O–H groups in total. The maximum Gasteiger partial charge on any atom is 0.292 e. The fourth-order valence-corrected chi connectivity index (χ4v) is 3.15. The summed E-state index contributed by atoms with van der Waals surface area (Å²) in [4.78, 5) is 3.93. The summed E-state index contributed by atoms with van der Waals surface area (Å²) in [5, 5.41) is 0. The molecule has 3 nitrogen and oxygen atoms in total. The van der Waals surface area contributed by atoms with Crippen molar-refractivity contribution in [1.82, 2.24) is 4.98 Å². The molecule has 0 radical (unpaired) electrons. The molecular formula is C9H14N2OS. The van der Waals surface area contributed by atoms with Crippen molar-refractivity contribution in [2.24, 2.45) is 0 Å². The number of rotatable bonds is 1. The van der Waals surface area contributed by atoms with Gasteiger partial charge in [0.1, 0.15) is 5.76 Å². The van der Waals surface area contributed by atoms with E-state index in [1.54, 1.807) is 6.20 Å². The normalized spacial score (nSPS) is 26.5. The van der Waals surface area contributed by atoms with E-state index in [0.29, 0.717) is 5.92 Å². The van der Waals surface area contributed by atoms with Gasteiger partial charge in [0.15, 0.2) is 0 Å². The first kappa shape index (κ1) is 8.94. The van der Waals surface area contributed by atoms with Crippen molar-refractivity contribution in [2.75, 3.05) is 11.5 Å². The molecule has 2 heterocycles. The third kappa shape index (κ3) is 1.55. The average molecular weight is 198 g/mol. The predicted molar refractivity (Wildman–Crippen MR) is 54.8 cm³/mol. The predicted octanol–water partition coefficient (Wildman–Crippen LogP) is 2.26. The number of nitrogens with two attached hydrogens (primary N) is 1. The van der Waals surface area contributed by atoms with Crippen LogP contribution in [0.25, 0.3) is 0 Å². The van der Waals surface area contributed by atoms with Gasteiger partial charge >= 0.3 is 0 Å². The lowest BCUT2D eigenvalue weighted by molar-refractivity contribution is 0.431. The molecular weight excluding hydrogens is 184 g/mol. The summed E-state index contributed by atoms with van der Waals surface area (Å²) in [6, 6.07) is 0.280. The quantitative estimate of drug-likeness (QED) is 0.752. The topological polar surface area (TPSA) is 52.0 Å². The van der Waals surface area contributed by atoms with Crippen LogP contribution in [-0.4, -0.2) is 15.5 Å². The van der Waals surface area contributed by atoms with Gasteiger partial charge in [0.05, 0.1) is 6.20 Å². The lowest BCUT2D eigenvalue weighted by Gasteiger charge is -2.23. The molecule has 13 heavy (non-hydrogen) atoms. The smallest absolute Gasteiger partial charge is 0.292 e. The number of nitrogens with zero attached hydrogens (tertiary/aromatic N) is 1. The Hall–Kier alpha value is -0.640. The minimum atomic E-state index is 0.256. The maximum atomic E-state index is 5.45. The van der Waals surface area contributed by atoms with E-state index < -0.39 is 0 Å². The van der Waals surface area contributed by atoms with Crippen LogP contribution in [0.3, 0.4) is 0 Å². The lowest BCUT2D eigenvalue weighted by atomic mass is 9.91. The van der Waals surface area contributed by atoms with Crippen molar-refractivity contribution in [3.8, 4) is 0 Å². The largest absolute Gasteiger partial charge is 0.429 e. The number of hydrogen-bond donors (Lipinski definition) is 1. The van der Waals surface area contributed by atoms with Crippen molar-refractivity contribution >= 4 is 17.8 Å². The Labute approximate surface area is 82.1 Å². The Bertz CT molecular complexity index is 308. The zero-order valence-corrected chi connectivity index (χ0v) is 8.73. The van der Waals surface area contributed by atoms with Gasteiger partial charge in [-0.25, -0.2) is 4.98 Å². The average Bonchev–Trinajstić information content (AvgIpc) is 2.56. The number of aromatic nitrogens is 1. The molecule has 4 heteroatoms. The molecule has 1 atom stereocenters. The van der Waals surface area contributed by atoms with E-state index in [1.165, 1.54) is 5.75 Å². The first-order valence-electron chi connectivity index (χ1n) is 4.45. The third-order valence-corrected chi connectivity index (χ3v) is 4.07. The summed E-state index contributed by atoms with van der Waals surface area (Å²) in [5.41, 5.74) is 5.45. The monoisotopic (exact) mass is 198 g/mol. The zero-order valence-electron chi connectivity index (χ0n) is 7.91. The summed E-state index contributed by atoms with van der Waals surface area (Å²) >= 11 is 1.98. The Morgan fingerprint density at radius 3 is 2.92 bits per heavy atom. The second-order valence-electron chi connectivity index (χ2n) is 3.89. The molecule has 1 aromatic heterocycles. The van der Waals surface area contributed by atoms with Crippen LogP contribution in [0.5, 0.6) is 0 Å². The van der Waals surface area contributed by atoms with Crippen LogP contribution >= 0.6 is 11.8 Å². The number of hydrogen-bond acceptors (Lipinski definition) is 4. The highest BCUT2D eigenvalue weighted by Crippen LogP contribution is 2.48. The second-order valence-corrected chi connectivity index (χ2v) is 5.64. The second kappa shape index (κ2) is 2.94. The maximum absolute atomic E-state index is 5.45. The van der Waals surface area contributed by atoms with Crippen LogP contribution in [0, 0.1) is 0 Å². The summed E-state index contributed by atoms with van der Waals surface area (Å²) in [5.74, 6) is 2.59. The summed E-state index contributed by atoms with van der Waals surface area (Å²) in [6.07, 6.45) is 2.92. The first-order valence-corrected chi connectivity index (χ1v) is 5.43. The highest BCUT2D eigenvalue weighted by Gasteiger charge is 2.38. The summed E-state index contributed by atoms with van der Waals surface area (Å²) in [7, 11) is 0. The van der Waals surface area contributed by atoms with Crippen LogP contribution in [0.4, 0.5) is 6.01 Å². The molecule has 1 saturated heterocycles. The van der Waals surface area contributed by atoms with Gasteiger partial charge in [-0.05, 0) is 26.0 Å². The van der Waals surface area contributed by atoms with Crippen molar-refractivity contribution in [3.63, 3.8) is 0 Å². The SMILES string of the molecule is CC1(C)SCCC1c1cnc(N)o1. The van der Waals surface area contributed by atoms with Gasteiger partial charge in [-0.2, -0.15) is 11.8 Å². The fraction of sp³-hybridized carbons (Fsp3) is 0.667. The molecule has 72 valence electrons. The van der Waals surface area contributed by atoms with Crippen LogP contribution in [0.1, 0.15) is 31.9 Å². The summed E-state index contributed by atoms with van der Waals surface area (Å²) in [6.45, 7) is 4.49. The van der Waals surface area contributed by atoms with Crippen molar-refractivity contribution in [2.45, 2.75) is 30.9 Å². The number of nitrogen functional groups attached to an aromatic ring is 1. The van der Waals surface area contributed by atoms with Gasteiger partial charge in [-0.15, -0.1) is 0 Å². The lowest BCUT2D eigenvalue weighted by Crippen LogP contribution is -2.19. The first-order chi connectivity index (χ1) is 6.09. The van der Waals surface area contributed by atoms with Gasteiger partial charge < -0.3 is 10.2 Å². The molecule has 0 saturated carbocycles. The number of anilines is 1. The Kier molecular flexibility index (Phi) is 2.02. The van der Waals surface area contributed by atoms with E-state index in [2.05, 4.69) is 18.8 Å². The van der Waals surface area contributed by atoms with Crippen LogP contribution in [0.2, 0.25) is 0 Å². The van der Waals surface area contributed by atoms with Crippen molar-refractivity contribution < 1.29 is 4.42 Å². The van der Waals surface area contributed by atoms with Gasteiger partial charge in [0.25, 0.3) is 6.01 Å². The highest BCUT2D eigenvalue weighted by molar-refractivity contribution is 8.00. The van der Waals surface area contributed by atoms with Gasteiger partial charge in [-0.3, -0.25) is 0 Å². The molecule has 1 fully saturated rings. The summed E-state index contributed by atoms with van der Waals surface area (Å²) < 4.78 is 5.61. The van der Waals surface area contributed by atoms with Gasteiger partial charge in [-0.1, -0.05) is 0 Å². The molecule has 1 unspecified atom stereocenters. The van der Waals surface area contributed by atoms with E-state index in [4.69, 9.17) is 10.2 Å². The number of oxazole rings is 1. The van der Waals surface area contributed by atoms with Crippen LogP contribution in [-0.2, 0) is 0 Å². The van der Waals surface area contributed by atoms with E-state index in [9.17, 15) is 0 Å². The standard InChI is InChI=1S/C9H14N2OS/c1-9(2)6(3-4-13-9)7-5-11-8(10)12-7/h5-6H,3-4H2,1-2H3,(H2,10,11). The number of thioether (sulfide) groups is 1. The van der Waals surface area contributed by atoms with E-state index in [-0.39, 0.29) is 10.8 Å². The molecule has 0 bridgehead atoms. The molecule has 0 amide bonds. The van der Waals surface area contributed by atoms with Gasteiger partial charge in [0, 0.05) is 10.7 Å². The Balaban J connectivity index is 2.26. The van der Waals surface area contributed by atoms with Crippen LogP contribution < -0.4 is 5.73 Å². The minimum Gasteiger partial charge on any atom is -0.429 e. The Morgan fingerprint density at radius 2 is 2.46 bits per heavy atom. The van der Waals surface area contributed by atoms with E-state index in [1.807, 2.05) is 11.8 Å².